The van der Waals surface area contributed by atoms with E-state index in [-0.39, 0.29) is 46.5 Å². The van der Waals surface area contributed by atoms with Crippen LogP contribution in [0.1, 0.15) is 111 Å². The number of hydrogen-bond acceptors (Lipinski definition) is 0. The topological polar surface area (TPSA) is 0 Å². The van der Waals surface area contributed by atoms with Gasteiger partial charge in [0.1, 0.15) is 0 Å². The van der Waals surface area contributed by atoms with E-state index >= 15 is 0 Å². The van der Waals surface area contributed by atoms with E-state index in [9.17, 15) is 0 Å². The van der Waals surface area contributed by atoms with Gasteiger partial charge in [-0.05, 0) is 40.6 Å². The Morgan fingerprint density at radius 1 is 0.905 bits per heavy atom. The van der Waals surface area contributed by atoms with Crippen molar-refractivity contribution < 1.29 is 48.7 Å². The molecule has 1 aromatic rings. The molecule has 2 saturated carbocycles. The van der Waals surface area contributed by atoms with Crippen molar-refractivity contribution >= 4 is 8.83 Å². The zero-order valence-electron chi connectivity index (χ0n) is 27.2. The van der Waals surface area contributed by atoms with Crippen LogP contribution in [0.15, 0.2) is 71.4 Å². The summed E-state index contributed by atoms with van der Waals surface area (Å²) in [6.45, 7) is 20.3. The van der Waals surface area contributed by atoms with Crippen LogP contribution in [0.2, 0.25) is 0 Å². The second-order valence-electron chi connectivity index (χ2n) is 14.6. The fourth-order valence-corrected chi connectivity index (χ4v) is 9.98. The van der Waals surface area contributed by atoms with Crippen LogP contribution in [0.4, 0.5) is 0 Å². The molecule has 2 unspecified atom stereocenters. The van der Waals surface area contributed by atoms with Gasteiger partial charge in [-0.25, -0.2) is 18.1 Å². The first-order chi connectivity index (χ1) is 18.9. The Bertz CT molecular complexity index is 1310. The van der Waals surface area contributed by atoms with Crippen LogP contribution in [0.3, 0.4) is 0 Å². The van der Waals surface area contributed by atoms with E-state index in [4.69, 9.17) is 0 Å². The predicted octanol–water partition coefficient (Wildman–Crippen LogP) is 4.56. The molecule has 2 fully saturated rings. The molecule has 0 amide bonds. The molecule has 1 aromatic carbocycles. The molecular formula is C39H50Cl2Hf-2. The SMILES string of the molecule is C[C-]1C2=C3Cc4ccccc4C3=C3C=CCCC3C2(C)C(C)(C)C(C)(C)C1(C)C.[C-]1=CC=CC1.[Cl-].[Cl-].[Hf+2]=[C]1CCCC1. The number of rotatable bonds is 0. The molecule has 226 valence electrons. The quantitative estimate of drug-likeness (QED) is 0.269. The zero-order valence-corrected chi connectivity index (χ0v) is 32.3. The van der Waals surface area contributed by atoms with E-state index in [1.165, 1.54) is 73.5 Å². The molecule has 0 nitrogen and oxygen atoms in total. The fourth-order valence-electron chi connectivity index (χ4n) is 8.71. The predicted molar refractivity (Wildman–Crippen MR) is 169 cm³/mol. The van der Waals surface area contributed by atoms with Crippen LogP contribution in [-0.4, -0.2) is 3.26 Å². The van der Waals surface area contributed by atoms with Crippen molar-refractivity contribution in [1.82, 2.24) is 0 Å². The Morgan fingerprint density at radius 2 is 1.57 bits per heavy atom. The third-order valence-electron chi connectivity index (χ3n) is 12.6. The molecule has 42 heavy (non-hydrogen) atoms. The molecule has 0 aromatic heterocycles. The summed E-state index contributed by atoms with van der Waals surface area (Å²) >= 11 is 1.37. The van der Waals surface area contributed by atoms with Crippen molar-refractivity contribution in [3.63, 3.8) is 0 Å². The normalized spacial score (nSPS) is 28.3. The average molecular weight is 768 g/mol. The monoisotopic (exact) mass is 768 g/mol. The number of fused-ring (bicyclic) bond motifs is 6. The maximum absolute atomic E-state index is 2.99. The van der Waals surface area contributed by atoms with E-state index in [1.807, 2.05) is 15.4 Å². The molecular weight excluding hydrogens is 718 g/mol. The van der Waals surface area contributed by atoms with Crippen molar-refractivity contribution in [2.45, 2.75) is 107 Å². The first-order valence-electron chi connectivity index (χ1n) is 15.7. The molecule has 0 radical (unpaired) electrons. The van der Waals surface area contributed by atoms with Crippen LogP contribution < -0.4 is 24.8 Å². The van der Waals surface area contributed by atoms with Crippen molar-refractivity contribution in [3.05, 3.63) is 94.5 Å². The van der Waals surface area contributed by atoms with Gasteiger partial charge in [-0.3, -0.25) is 6.08 Å². The van der Waals surface area contributed by atoms with Gasteiger partial charge >= 0.3 is 52.8 Å². The molecule has 6 aliphatic carbocycles. The molecule has 0 saturated heterocycles. The summed E-state index contributed by atoms with van der Waals surface area (Å²) in [5.41, 5.74) is 10.3. The zero-order chi connectivity index (χ0) is 28.9. The fraction of sp³-hybridized carbons (Fsp3) is 0.538. The van der Waals surface area contributed by atoms with Crippen LogP contribution in [0.5, 0.6) is 0 Å². The van der Waals surface area contributed by atoms with Gasteiger partial charge in [-0.2, -0.15) is 17.2 Å². The third kappa shape index (κ3) is 5.45. The average Bonchev–Trinajstić information content (AvgIpc) is 3.71. The molecule has 0 aliphatic heterocycles. The Kier molecular flexibility index (Phi) is 11.2. The Balaban J connectivity index is 0.000000312. The molecule has 0 spiro atoms. The third-order valence-corrected chi connectivity index (χ3v) is 14.4. The Hall–Kier alpha value is -0.890. The molecule has 2 atom stereocenters. The molecule has 3 heteroatoms. The number of allylic oxidation sites excluding steroid dienone is 10. The first kappa shape index (κ1) is 35.6. The number of benzene rings is 1. The van der Waals surface area contributed by atoms with Gasteiger partial charge < -0.3 is 24.8 Å². The first-order valence-corrected chi connectivity index (χ1v) is 17.5. The van der Waals surface area contributed by atoms with Crippen LogP contribution in [0, 0.1) is 39.6 Å². The summed E-state index contributed by atoms with van der Waals surface area (Å²) in [4.78, 5) is 0. The summed E-state index contributed by atoms with van der Waals surface area (Å²) in [5, 5.41) is 0. The van der Waals surface area contributed by atoms with Gasteiger partial charge in [0.15, 0.2) is 0 Å². The van der Waals surface area contributed by atoms with E-state index < -0.39 is 0 Å². The van der Waals surface area contributed by atoms with Crippen molar-refractivity contribution in [2.24, 2.45) is 27.6 Å². The van der Waals surface area contributed by atoms with Gasteiger partial charge in [0, 0.05) is 0 Å². The van der Waals surface area contributed by atoms with Crippen LogP contribution in [-0.2, 0) is 30.3 Å². The van der Waals surface area contributed by atoms with E-state index in [0.29, 0.717) is 5.92 Å². The summed E-state index contributed by atoms with van der Waals surface area (Å²) in [5.74, 6) is 2.24. The Morgan fingerprint density at radius 3 is 2.12 bits per heavy atom. The molecule has 6 aliphatic rings. The molecule has 0 N–H and O–H groups in total. The summed E-state index contributed by atoms with van der Waals surface area (Å²) < 4.78 is 1.84. The summed E-state index contributed by atoms with van der Waals surface area (Å²) in [6.07, 6.45) is 24.4. The minimum absolute atomic E-state index is 0. The number of halogens is 2. The van der Waals surface area contributed by atoms with Crippen LogP contribution >= 0.6 is 0 Å². The van der Waals surface area contributed by atoms with Gasteiger partial charge in [-0.1, -0.05) is 113 Å². The van der Waals surface area contributed by atoms with Crippen LogP contribution in [0.25, 0.3) is 5.57 Å². The van der Waals surface area contributed by atoms with Gasteiger partial charge in [0.2, 0.25) is 0 Å². The van der Waals surface area contributed by atoms with E-state index in [0.717, 1.165) is 12.8 Å². The summed E-state index contributed by atoms with van der Waals surface area (Å²) in [7, 11) is 0. The van der Waals surface area contributed by atoms with Crippen molar-refractivity contribution in [2.75, 3.05) is 0 Å². The standard InChI is InChI=1S/C29H37.C5H8.C5H5.2ClH.Hf/c1-18-25-22-17-19-13-9-10-14-20(19)24(22)21-15-11-12-16-23(21)29(25,8)28(6,7)27(4,5)26(18,2)3;2*1-2-4-5-3-1;;;/h9-11,13-15,23H,12,16-17H2,1-8H3;1-4H2;1-3H,4H2;2*1H;/q-1;;-1;;;+2/p-2. The Labute approximate surface area is 284 Å². The van der Waals surface area contributed by atoms with Crippen molar-refractivity contribution in [3.8, 4) is 0 Å². The second-order valence-corrected chi connectivity index (χ2v) is 17.1. The van der Waals surface area contributed by atoms with Gasteiger partial charge in [0.05, 0.1) is 0 Å². The van der Waals surface area contributed by atoms with Gasteiger partial charge in [-0.15, -0.1) is 13.3 Å². The van der Waals surface area contributed by atoms with Crippen molar-refractivity contribution in [1.29, 1.82) is 0 Å². The molecule has 0 bridgehead atoms. The van der Waals surface area contributed by atoms with E-state index in [2.05, 4.69) is 104 Å². The number of hydrogen-bond donors (Lipinski definition) is 0. The second kappa shape index (κ2) is 13.2. The minimum atomic E-state index is 0. The van der Waals surface area contributed by atoms with Gasteiger partial charge in [0.25, 0.3) is 0 Å². The molecule has 0 heterocycles. The van der Waals surface area contributed by atoms with E-state index in [1.54, 1.807) is 28.2 Å². The maximum atomic E-state index is 2.99. The molecule has 7 rings (SSSR count). The summed E-state index contributed by atoms with van der Waals surface area (Å²) in [6, 6.07) is 9.16.